The van der Waals surface area contributed by atoms with E-state index in [4.69, 9.17) is 9.84 Å². The number of benzene rings is 1. The summed E-state index contributed by atoms with van der Waals surface area (Å²) in [7, 11) is 1.66. The van der Waals surface area contributed by atoms with Gasteiger partial charge in [-0.05, 0) is 43.9 Å². The van der Waals surface area contributed by atoms with Gasteiger partial charge in [-0.1, -0.05) is 6.07 Å². The highest BCUT2D eigenvalue weighted by Gasteiger charge is 2.06. The average Bonchev–Trinajstić information content (AvgIpc) is 2.30. The zero-order chi connectivity index (χ0) is 13.5. The smallest absolute Gasteiger partial charge is 0.303 e. The molecule has 0 fully saturated rings. The number of unbranched alkanes of at least 4 members (excludes halogenated alkanes) is 1. The van der Waals surface area contributed by atoms with E-state index in [0.29, 0.717) is 6.42 Å². The van der Waals surface area contributed by atoms with E-state index >= 15 is 0 Å². The van der Waals surface area contributed by atoms with Crippen LogP contribution in [0.15, 0.2) is 12.1 Å². The molecule has 0 amide bonds. The van der Waals surface area contributed by atoms with Crippen LogP contribution in [0, 0.1) is 13.8 Å². The summed E-state index contributed by atoms with van der Waals surface area (Å²) >= 11 is 0. The second-order valence-electron chi connectivity index (χ2n) is 4.44. The van der Waals surface area contributed by atoms with Gasteiger partial charge in [0.1, 0.15) is 5.75 Å². The van der Waals surface area contributed by atoms with Crippen LogP contribution >= 0.6 is 0 Å². The number of carboxylic acids is 1. The molecule has 0 saturated carbocycles. The Hall–Kier alpha value is -1.71. The lowest BCUT2D eigenvalue weighted by Gasteiger charge is -2.14. The van der Waals surface area contributed by atoms with Crippen molar-refractivity contribution in [2.75, 3.05) is 19.0 Å². The third kappa shape index (κ3) is 4.28. The molecule has 2 N–H and O–H groups in total. The van der Waals surface area contributed by atoms with Crippen molar-refractivity contribution in [3.63, 3.8) is 0 Å². The summed E-state index contributed by atoms with van der Waals surface area (Å²) in [6.45, 7) is 4.83. The van der Waals surface area contributed by atoms with Gasteiger partial charge >= 0.3 is 5.97 Å². The topological polar surface area (TPSA) is 58.6 Å². The molecule has 0 bridgehead atoms. The Bertz CT molecular complexity index is 416. The lowest BCUT2D eigenvalue weighted by Crippen LogP contribution is -2.06. The Morgan fingerprint density at radius 3 is 2.67 bits per heavy atom. The third-order valence-electron chi connectivity index (χ3n) is 2.78. The predicted octanol–water partition coefficient (Wildman–Crippen LogP) is 2.98. The lowest BCUT2D eigenvalue weighted by molar-refractivity contribution is -0.137. The fourth-order valence-electron chi connectivity index (χ4n) is 1.93. The Balaban J connectivity index is 2.53. The molecule has 0 aromatic heterocycles. The zero-order valence-corrected chi connectivity index (χ0v) is 11.2. The second-order valence-corrected chi connectivity index (χ2v) is 4.44. The number of anilines is 1. The highest BCUT2D eigenvalue weighted by Crippen LogP contribution is 2.29. The number of hydrogen-bond donors (Lipinski definition) is 2. The number of ether oxygens (including phenoxy) is 1. The van der Waals surface area contributed by atoms with E-state index in [2.05, 4.69) is 11.4 Å². The molecular formula is C14H21NO3. The van der Waals surface area contributed by atoms with Crippen LogP contribution in [0.25, 0.3) is 0 Å². The van der Waals surface area contributed by atoms with Gasteiger partial charge in [-0.15, -0.1) is 0 Å². The average molecular weight is 251 g/mol. The summed E-state index contributed by atoms with van der Waals surface area (Å²) in [5.74, 6) is 0.102. The fraction of sp³-hybridized carbons (Fsp3) is 0.500. The van der Waals surface area contributed by atoms with Gasteiger partial charge in [-0.25, -0.2) is 0 Å². The number of hydrogen-bond acceptors (Lipinski definition) is 3. The van der Waals surface area contributed by atoms with E-state index < -0.39 is 5.97 Å². The minimum absolute atomic E-state index is 0.228. The maximum Gasteiger partial charge on any atom is 0.303 e. The molecule has 4 heteroatoms. The summed E-state index contributed by atoms with van der Waals surface area (Å²) < 4.78 is 5.35. The van der Waals surface area contributed by atoms with E-state index in [0.717, 1.165) is 30.0 Å². The van der Waals surface area contributed by atoms with Gasteiger partial charge in [0.05, 0.1) is 12.8 Å². The number of carbonyl (C=O) groups is 1. The maximum atomic E-state index is 10.4. The third-order valence-corrected chi connectivity index (χ3v) is 2.78. The largest absolute Gasteiger partial charge is 0.495 e. The molecule has 0 aliphatic carbocycles. The molecule has 0 aliphatic rings. The van der Waals surface area contributed by atoms with Gasteiger partial charge in [-0.3, -0.25) is 4.79 Å². The van der Waals surface area contributed by atoms with Crippen LogP contribution in [0.3, 0.4) is 0 Å². The molecule has 0 heterocycles. The lowest BCUT2D eigenvalue weighted by atomic mass is 10.1. The molecule has 1 aromatic rings. The molecule has 0 radical (unpaired) electrons. The number of nitrogens with one attached hydrogen (secondary N) is 1. The Labute approximate surface area is 108 Å². The number of carboxylic acid groups (broad SMARTS) is 1. The molecule has 0 saturated heterocycles. The van der Waals surface area contributed by atoms with Gasteiger partial charge in [-0.2, -0.15) is 0 Å². The van der Waals surface area contributed by atoms with Crippen LogP contribution < -0.4 is 10.1 Å². The molecule has 100 valence electrons. The fourth-order valence-corrected chi connectivity index (χ4v) is 1.93. The van der Waals surface area contributed by atoms with Crippen LogP contribution in [0.5, 0.6) is 5.75 Å². The van der Waals surface area contributed by atoms with Gasteiger partial charge in [0.25, 0.3) is 0 Å². The molecule has 18 heavy (non-hydrogen) atoms. The second kappa shape index (κ2) is 6.89. The van der Waals surface area contributed by atoms with Crippen LogP contribution in [0.1, 0.15) is 30.4 Å². The Kier molecular flexibility index (Phi) is 5.49. The van der Waals surface area contributed by atoms with Crippen molar-refractivity contribution in [3.05, 3.63) is 23.3 Å². The number of rotatable bonds is 7. The standard InChI is InChI=1S/C14H21NO3/c1-10-8-11(2)14(12(9-10)18-3)15-7-5-4-6-13(16)17/h8-9,15H,4-7H2,1-3H3,(H,16,17). The van der Waals surface area contributed by atoms with Crippen molar-refractivity contribution in [1.29, 1.82) is 0 Å². The summed E-state index contributed by atoms with van der Waals surface area (Å²) in [4.78, 5) is 10.4. The highest BCUT2D eigenvalue weighted by molar-refractivity contribution is 5.66. The molecule has 4 nitrogen and oxygen atoms in total. The van der Waals surface area contributed by atoms with Crippen molar-refractivity contribution in [1.82, 2.24) is 0 Å². The first-order valence-electron chi connectivity index (χ1n) is 6.15. The van der Waals surface area contributed by atoms with Crippen molar-refractivity contribution in [2.45, 2.75) is 33.1 Å². The van der Waals surface area contributed by atoms with Crippen molar-refractivity contribution < 1.29 is 14.6 Å². The molecule has 1 rings (SSSR count). The Morgan fingerprint density at radius 1 is 1.33 bits per heavy atom. The van der Waals surface area contributed by atoms with E-state index in [1.165, 1.54) is 5.56 Å². The SMILES string of the molecule is COc1cc(C)cc(C)c1NCCCCC(=O)O. The normalized spacial score (nSPS) is 10.2. The quantitative estimate of drug-likeness (QED) is 0.731. The van der Waals surface area contributed by atoms with Crippen molar-refractivity contribution >= 4 is 11.7 Å². The van der Waals surface area contributed by atoms with E-state index in [1.807, 2.05) is 19.9 Å². The first kappa shape index (κ1) is 14.4. The van der Waals surface area contributed by atoms with Crippen LogP contribution in [-0.2, 0) is 4.79 Å². The van der Waals surface area contributed by atoms with Crippen LogP contribution in [-0.4, -0.2) is 24.7 Å². The van der Waals surface area contributed by atoms with E-state index in [9.17, 15) is 4.79 Å². The van der Waals surface area contributed by atoms with Gasteiger partial charge in [0.15, 0.2) is 0 Å². The first-order valence-corrected chi connectivity index (χ1v) is 6.15. The Morgan fingerprint density at radius 2 is 2.06 bits per heavy atom. The molecule has 0 atom stereocenters. The monoisotopic (exact) mass is 251 g/mol. The molecule has 1 aromatic carbocycles. The highest BCUT2D eigenvalue weighted by atomic mass is 16.5. The van der Waals surface area contributed by atoms with E-state index in [1.54, 1.807) is 7.11 Å². The molecule has 0 unspecified atom stereocenters. The number of methoxy groups -OCH3 is 1. The van der Waals surface area contributed by atoms with Gasteiger partial charge < -0.3 is 15.2 Å². The summed E-state index contributed by atoms with van der Waals surface area (Å²) in [6.07, 6.45) is 1.75. The zero-order valence-electron chi connectivity index (χ0n) is 11.2. The first-order chi connectivity index (χ1) is 8.54. The van der Waals surface area contributed by atoms with Crippen LogP contribution in [0.4, 0.5) is 5.69 Å². The summed E-state index contributed by atoms with van der Waals surface area (Å²) in [5, 5.41) is 11.9. The minimum Gasteiger partial charge on any atom is -0.495 e. The number of aryl methyl sites for hydroxylation is 2. The number of aliphatic carboxylic acids is 1. The predicted molar refractivity (Wildman–Crippen MR) is 72.4 cm³/mol. The minimum atomic E-state index is -0.737. The molecular weight excluding hydrogens is 230 g/mol. The van der Waals surface area contributed by atoms with Crippen molar-refractivity contribution in [2.24, 2.45) is 0 Å². The molecule has 0 spiro atoms. The summed E-state index contributed by atoms with van der Waals surface area (Å²) in [6, 6.07) is 4.09. The van der Waals surface area contributed by atoms with Gasteiger partial charge in [0, 0.05) is 13.0 Å². The summed E-state index contributed by atoms with van der Waals surface area (Å²) in [5.41, 5.74) is 3.31. The maximum absolute atomic E-state index is 10.4. The van der Waals surface area contributed by atoms with Gasteiger partial charge in [0.2, 0.25) is 0 Å². The van der Waals surface area contributed by atoms with Crippen molar-refractivity contribution in [3.8, 4) is 5.75 Å². The molecule has 0 aliphatic heterocycles. The van der Waals surface area contributed by atoms with Crippen LogP contribution in [0.2, 0.25) is 0 Å². The van der Waals surface area contributed by atoms with E-state index in [-0.39, 0.29) is 6.42 Å².